The van der Waals surface area contributed by atoms with Crippen LogP contribution in [-0.2, 0) is 28.4 Å². The summed E-state index contributed by atoms with van der Waals surface area (Å²) in [4.78, 5) is 23.8. The number of nitrogens with one attached hydrogen (secondary N) is 1. The first-order valence-corrected chi connectivity index (χ1v) is 8.40. The van der Waals surface area contributed by atoms with Gasteiger partial charge in [0.2, 0.25) is 5.91 Å². The third-order valence-electron chi connectivity index (χ3n) is 4.18. The number of aliphatic hydroxyl groups is 1. The van der Waals surface area contributed by atoms with Gasteiger partial charge in [0.15, 0.2) is 6.10 Å². The summed E-state index contributed by atoms with van der Waals surface area (Å²) in [5.41, 5.74) is 3.43. The molecule has 2 aromatic rings. The van der Waals surface area contributed by atoms with E-state index in [0.717, 1.165) is 36.4 Å². The molecule has 0 aliphatic rings. The van der Waals surface area contributed by atoms with Crippen LogP contribution in [0.3, 0.4) is 0 Å². The highest BCUT2D eigenvalue weighted by Gasteiger charge is 2.32. The molecule has 0 saturated carbocycles. The minimum absolute atomic E-state index is 0.154. The Hall–Kier alpha value is -3.08. The number of benzene rings is 2. The molecule has 0 spiro atoms. The number of nitrogens with two attached hydrogens (primary N) is 1. The van der Waals surface area contributed by atoms with E-state index in [4.69, 9.17) is 5.73 Å². The minimum Gasteiger partial charge on any atom is -0.378 e. The number of carbonyl (C=O) groups is 2. The molecule has 0 aliphatic carbocycles. The lowest BCUT2D eigenvalue weighted by Crippen LogP contribution is -2.47. The normalized spacial score (nSPS) is 14.1. The van der Waals surface area contributed by atoms with Crippen LogP contribution in [0.5, 0.6) is 0 Å². The first kappa shape index (κ1) is 23.2. The van der Waals surface area contributed by atoms with Gasteiger partial charge in [-0.3, -0.25) is 9.59 Å². The first-order valence-electron chi connectivity index (χ1n) is 8.40. The topological polar surface area (TPSA) is 92.4 Å². The molecule has 0 fully saturated rings. The van der Waals surface area contributed by atoms with Crippen molar-refractivity contribution in [3.63, 3.8) is 0 Å². The van der Waals surface area contributed by atoms with E-state index in [0.29, 0.717) is 12.1 Å². The predicted molar refractivity (Wildman–Crippen MR) is 92.7 cm³/mol. The Morgan fingerprint density at radius 2 is 1.30 bits per heavy atom. The van der Waals surface area contributed by atoms with Gasteiger partial charge in [-0.25, -0.2) is 0 Å². The number of alkyl halides is 6. The molecule has 0 bridgehead atoms. The Morgan fingerprint density at radius 3 is 1.70 bits per heavy atom. The van der Waals surface area contributed by atoms with Crippen LogP contribution in [0.15, 0.2) is 48.5 Å². The molecule has 4 N–H and O–H groups in total. The maximum atomic E-state index is 12.6. The van der Waals surface area contributed by atoms with Crippen LogP contribution < -0.4 is 11.1 Å². The molecule has 30 heavy (non-hydrogen) atoms. The molecule has 2 rings (SSSR count). The summed E-state index contributed by atoms with van der Waals surface area (Å²) in [6.07, 6.45) is -11.3. The van der Waals surface area contributed by atoms with Crippen molar-refractivity contribution in [2.75, 3.05) is 0 Å². The predicted octanol–water partition coefficient (Wildman–Crippen LogP) is 2.97. The number of hydrogen-bond acceptors (Lipinski definition) is 3. The molecule has 2 amide bonds. The number of primary amides is 1. The average Bonchev–Trinajstić information content (AvgIpc) is 2.65. The zero-order chi connectivity index (χ0) is 22.7. The van der Waals surface area contributed by atoms with Crippen LogP contribution >= 0.6 is 0 Å². The van der Waals surface area contributed by atoms with Crippen LogP contribution in [0.1, 0.15) is 28.4 Å². The Bertz CT molecular complexity index is 892. The number of hydrogen-bond donors (Lipinski definition) is 3. The van der Waals surface area contributed by atoms with E-state index >= 15 is 0 Å². The lowest BCUT2D eigenvalue weighted by Gasteiger charge is -2.19. The molecule has 0 unspecified atom stereocenters. The van der Waals surface area contributed by atoms with Crippen molar-refractivity contribution in [1.82, 2.24) is 5.32 Å². The second-order valence-corrected chi connectivity index (χ2v) is 6.38. The minimum atomic E-state index is -4.59. The summed E-state index contributed by atoms with van der Waals surface area (Å²) < 4.78 is 75.5. The van der Waals surface area contributed by atoms with Crippen molar-refractivity contribution < 1.29 is 41.0 Å². The molecule has 0 heterocycles. The van der Waals surface area contributed by atoms with Gasteiger partial charge >= 0.3 is 12.4 Å². The highest BCUT2D eigenvalue weighted by atomic mass is 19.4. The van der Waals surface area contributed by atoms with Crippen LogP contribution in [0.25, 0.3) is 0 Å². The Morgan fingerprint density at radius 1 is 0.867 bits per heavy atom. The summed E-state index contributed by atoms with van der Waals surface area (Å²) in [5, 5.41) is 12.2. The number of rotatable bonds is 6. The maximum Gasteiger partial charge on any atom is 0.416 e. The highest BCUT2D eigenvalue weighted by molar-refractivity contribution is 5.89. The SMILES string of the molecule is NC(=O)[C@H](Cc1ccc(C(F)(F)F)cc1)NC(=O)[C@H](O)c1ccc(C(F)(F)F)cc1. The molecule has 0 aliphatic heterocycles. The lowest BCUT2D eigenvalue weighted by molar-refractivity contribution is -0.138. The molecule has 0 aromatic heterocycles. The van der Waals surface area contributed by atoms with Crippen molar-refractivity contribution in [3.8, 4) is 0 Å². The standard InChI is InChI=1S/C19H16F6N2O3/c20-18(21,22)12-5-1-10(2-6-12)9-14(16(26)29)27-17(30)15(28)11-3-7-13(8-4-11)19(23,24)25/h1-8,14-15,28H,9H2,(H2,26,29)(H,27,30)/t14-,15+/m0/s1. The molecule has 0 saturated heterocycles. The third kappa shape index (κ3) is 5.96. The molecule has 11 heteroatoms. The Kier molecular flexibility index (Phi) is 6.76. The van der Waals surface area contributed by atoms with Crippen LogP contribution in [0.4, 0.5) is 26.3 Å². The van der Waals surface area contributed by atoms with Crippen molar-refractivity contribution in [3.05, 3.63) is 70.8 Å². The van der Waals surface area contributed by atoms with E-state index in [1.807, 2.05) is 0 Å². The molecular formula is C19H16F6N2O3. The first-order chi connectivity index (χ1) is 13.8. The van der Waals surface area contributed by atoms with Crippen molar-refractivity contribution in [2.45, 2.75) is 30.9 Å². The van der Waals surface area contributed by atoms with E-state index in [-0.39, 0.29) is 17.5 Å². The van der Waals surface area contributed by atoms with E-state index in [2.05, 4.69) is 5.32 Å². The quantitative estimate of drug-likeness (QED) is 0.611. The summed E-state index contributed by atoms with van der Waals surface area (Å²) >= 11 is 0. The van der Waals surface area contributed by atoms with Gasteiger partial charge in [0, 0.05) is 6.42 Å². The average molecular weight is 434 g/mol. The number of amides is 2. The number of halogens is 6. The molecule has 2 atom stereocenters. The fourth-order valence-electron chi connectivity index (χ4n) is 2.54. The van der Waals surface area contributed by atoms with E-state index in [1.54, 1.807) is 0 Å². The second-order valence-electron chi connectivity index (χ2n) is 6.38. The highest BCUT2D eigenvalue weighted by Crippen LogP contribution is 2.30. The molecular weight excluding hydrogens is 418 g/mol. The van der Waals surface area contributed by atoms with Gasteiger partial charge in [0.1, 0.15) is 6.04 Å². The summed E-state index contributed by atoms with van der Waals surface area (Å²) in [6, 6.07) is 5.62. The van der Waals surface area contributed by atoms with E-state index in [1.165, 1.54) is 0 Å². The van der Waals surface area contributed by atoms with E-state index < -0.39 is 47.4 Å². The van der Waals surface area contributed by atoms with Crippen LogP contribution in [-0.4, -0.2) is 23.0 Å². The zero-order valence-electron chi connectivity index (χ0n) is 15.1. The van der Waals surface area contributed by atoms with Crippen molar-refractivity contribution in [2.24, 2.45) is 5.73 Å². The van der Waals surface area contributed by atoms with Gasteiger partial charge in [-0.05, 0) is 35.4 Å². The van der Waals surface area contributed by atoms with Gasteiger partial charge in [0.25, 0.3) is 5.91 Å². The molecule has 162 valence electrons. The van der Waals surface area contributed by atoms with Gasteiger partial charge in [-0.1, -0.05) is 24.3 Å². The summed E-state index contributed by atoms with van der Waals surface area (Å²) in [7, 11) is 0. The number of carbonyl (C=O) groups excluding carboxylic acids is 2. The third-order valence-corrected chi connectivity index (χ3v) is 4.18. The lowest BCUT2D eigenvalue weighted by atomic mass is 10.0. The zero-order valence-corrected chi connectivity index (χ0v) is 15.1. The maximum absolute atomic E-state index is 12.6. The Labute approximate surface area is 166 Å². The summed E-state index contributed by atoms with van der Waals surface area (Å²) in [5.74, 6) is -2.12. The van der Waals surface area contributed by atoms with Gasteiger partial charge in [-0.2, -0.15) is 26.3 Å². The van der Waals surface area contributed by atoms with Gasteiger partial charge in [-0.15, -0.1) is 0 Å². The fourth-order valence-corrected chi connectivity index (χ4v) is 2.54. The smallest absolute Gasteiger partial charge is 0.378 e. The van der Waals surface area contributed by atoms with Crippen LogP contribution in [0.2, 0.25) is 0 Å². The second kappa shape index (κ2) is 8.74. The molecule has 5 nitrogen and oxygen atoms in total. The largest absolute Gasteiger partial charge is 0.416 e. The Balaban J connectivity index is 2.08. The molecule has 2 aromatic carbocycles. The number of aliphatic hydroxyl groups excluding tert-OH is 1. The fraction of sp³-hybridized carbons (Fsp3) is 0.263. The van der Waals surface area contributed by atoms with Gasteiger partial charge < -0.3 is 16.2 Å². The van der Waals surface area contributed by atoms with Crippen molar-refractivity contribution >= 4 is 11.8 Å². The van der Waals surface area contributed by atoms with E-state index in [9.17, 15) is 41.0 Å². The molecule has 0 radical (unpaired) electrons. The van der Waals surface area contributed by atoms with Crippen LogP contribution in [0, 0.1) is 0 Å². The monoisotopic (exact) mass is 434 g/mol. The van der Waals surface area contributed by atoms with Gasteiger partial charge in [0.05, 0.1) is 11.1 Å². The summed E-state index contributed by atoms with van der Waals surface area (Å²) in [6.45, 7) is 0. The van der Waals surface area contributed by atoms with Crippen molar-refractivity contribution in [1.29, 1.82) is 0 Å².